The third-order valence-electron chi connectivity index (χ3n) is 3.34. The second-order valence-electron chi connectivity index (χ2n) is 4.63. The van der Waals surface area contributed by atoms with Gasteiger partial charge in [0, 0.05) is 13.1 Å². The molecule has 1 unspecified atom stereocenters. The molecule has 5 nitrogen and oxygen atoms in total. The van der Waals surface area contributed by atoms with Gasteiger partial charge in [-0.15, -0.1) is 11.3 Å². The molecule has 2 rings (SSSR count). The summed E-state index contributed by atoms with van der Waals surface area (Å²) in [6, 6.07) is 4.97. The molecule has 0 saturated carbocycles. The molecule has 1 fully saturated rings. The minimum absolute atomic E-state index is 0.217. The highest BCUT2D eigenvalue weighted by Crippen LogP contribution is 2.21. The highest BCUT2D eigenvalue weighted by molar-refractivity contribution is 7.91. The van der Waals surface area contributed by atoms with Gasteiger partial charge in [-0.2, -0.15) is 5.26 Å². The van der Waals surface area contributed by atoms with Gasteiger partial charge in [0.25, 0.3) is 0 Å². The van der Waals surface area contributed by atoms with Crippen molar-refractivity contribution in [3.8, 4) is 6.07 Å². The number of sulfonamides is 1. The molecule has 1 saturated heterocycles. The van der Waals surface area contributed by atoms with E-state index in [1.807, 2.05) is 6.07 Å². The minimum atomic E-state index is -3.46. The zero-order valence-corrected chi connectivity index (χ0v) is 12.4. The van der Waals surface area contributed by atoms with Gasteiger partial charge >= 0.3 is 0 Å². The number of hydrogen-bond acceptors (Lipinski definition) is 5. The van der Waals surface area contributed by atoms with Crippen molar-refractivity contribution in [2.45, 2.75) is 17.6 Å². The topological polar surface area (TPSA) is 73.2 Å². The van der Waals surface area contributed by atoms with Crippen molar-refractivity contribution in [2.75, 3.05) is 26.2 Å². The van der Waals surface area contributed by atoms with Crippen molar-refractivity contribution in [1.82, 2.24) is 9.62 Å². The molecule has 1 aromatic rings. The lowest BCUT2D eigenvalue weighted by Crippen LogP contribution is -2.30. The quantitative estimate of drug-likeness (QED) is 0.888. The Balaban J connectivity index is 1.93. The molecule has 0 aliphatic carbocycles. The fraction of sp³-hybridized carbons (Fsp3) is 0.583. The van der Waals surface area contributed by atoms with Crippen LogP contribution in [0.1, 0.15) is 18.2 Å². The fourth-order valence-electron chi connectivity index (χ4n) is 2.19. The van der Waals surface area contributed by atoms with E-state index in [4.69, 9.17) is 5.26 Å². The van der Waals surface area contributed by atoms with E-state index in [0.717, 1.165) is 37.4 Å². The van der Waals surface area contributed by atoms with Crippen molar-refractivity contribution in [3.63, 3.8) is 0 Å². The first-order valence-corrected chi connectivity index (χ1v) is 8.57. The van der Waals surface area contributed by atoms with Crippen molar-refractivity contribution < 1.29 is 8.42 Å². The lowest BCUT2D eigenvalue weighted by molar-refractivity contribution is 0.342. The van der Waals surface area contributed by atoms with Crippen LogP contribution in [0.5, 0.6) is 0 Å². The van der Waals surface area contributed by atoms with E-state index in [2.05, 4.69) is 16.5 Å². The smallest absolute Gasteiger partial charge is 0.250 e. The van der Waals surface area contributed by atoms with Crippen LogP contribution in [-0.4, -0.2) is 39.5 Å². The van der Waals surface area contributed by atoms with Crippen LogP contribution in [-0.2, 0) is 10.0 Å². The summed E-state index contributed by atoms with van der Waals surface area (Å²) in [5.74, 6) is 0.380. The number of hydrogen-bond donors (Lipinski definition) is 1. The molecule has 1 aliphatic heterocycles. The van der Waals surface area contributed by atoms with Crippen LogP contribution in [0.15, 0.2) is 16.3 Å². The Bertz CT molecular complexity index is 574. The summed E-state index contributed by atoms with van der Waals surface area (Å²) in [5, 5.41) is 8.72. The number of likely N-dealkylation sites (tertiary alicyclic amines) is 1. The standard InChI is InChI=1S/C12H17N3O2S2/c1-2-15-6-5-10(9-15)8-14-19(16,17)12-4-3-11(7-13)18-12/h3-4,10,14H,2,5-6,8-9H2,1H3. The number of nitrogens with zero attached hydrogens (tertiary/aromatic N) is 2. The Labute approximate surface area is 117 Å². The maximum absolute atomic E-state index is 12.0. The van der Waals surface area contributed by atoms with Gasteiger partial charge in [-0.05, 0) is 37.6 Å². The van der Waals surface area contributed by atoms with E-state index >= 15 is 0 Å². The molecule has 0 spiro atoms. The fourth-order valence-corrected chi connectivity index (χ4v) is 4.45. The molecule has 0 amide bonds. The lowest BCUT2D eigenvalue weighted by Gasteiger charge is -2.13. The van der Waals surface area contributed by atoms with Crippen molar-refractivity contribution >= 4 is 21.4 Å². The molecule has 1 aromatic heterocycles. The van der Waals surface area contributed by atoms with Gasteiger partial charge in [0.05, 0.1) is 0 Å². The predicted octanol–water partition coefficient (Wildman–Crippen LogP) is 1.24. The van der Waals surface area contributed by atoms with Crippen LogP contribution in [0, 0.1) is 17.2 Å². The second kappa shape index (κ2) is 6.01. The number of nitrogens with one attached hydrogen (secondary N) is 1. The number of nitriles is 1. The van der Waals surface area contributed by atoms with Crippen LogP contribution >= 0.6 is 11.3 Å². The zero-order valence-electron chi connectivity index (χ0n) is 10.8. The Morgan fingerprint density at radius 1 is 1.58 bits per heavy atom. The van der Waals surface area contributed by atoms with Gasteiger partial charge in [-0.3, -0.25) is 0 Å². The number of rotatable bonds is 5. The molecule has 104 valence electrons. The summed E-state index contributed by atoms with van der Waals surface area (Å²) in [6.45, 7) is 5.59. The second-order valence-corrected chi connectivity index (χ2v) is 7.71. The Morgan fingerprint density at radius 2 is 2.37 bits per heavy atom. The first kappa shape index (κ1) is 14.5. The van der Waals surface area contributed by atoms with E-state index in [-0.39, 0.29) is 4.21 Å². The molecule has 7 heteroatoms. The molecule has 0 bridgehead atoms. The van der Waals surface area contributed by atoms with Crippen molar-refractivity contribution in [2.24, 2.45) is 5.92 Å². The first-order chi connectivity index (χ1) is 9.05. The van der Waals surface area contributed by atoms with E-state index in [1.165, 1.54) is 12.1 Å². The molecule has 19 heavy (non-hydrogen) atoms. The summed E-state index contributed by atoms with van der Waals surface area (Å²) in [4.78, 5) is 2.73. The summed E-state index contributed by atoms with van der Waals surface area (Å²) in [5.41, 5.74) is 0. The molecular weight excluding hydrogens is 282 g/mol. The molecule has 0 aromatic carbocycles. The van der Waals surface area contributed by atoms with Crippen molar-refractivity contribution in [3.05, 3.63) is 17.0 Å². The summed E-state index contributed by atoms with van der Waals surface area (Å²) >= 11 is 1.01. The molecule has 1 aliphatic rings. The highest BCUT2D eigenvalue weighted by atomic mass is 32.2. The summed E-state index contributed by atoms with van der Waals surface area (Å²) in [6.07, 6.45) is 1.03. The van der Waals surface area contributed by atoms with Gasteiger partial charge in [-0.1, -0.05) is 6.92 Å². The van der Waals surface area contributed by atoms with Crippen molar-refractivity contribution in [1.29, 1.82) is 5.26 Å². The average Bonchev–Trinajstić information content (AvgIpc) is 3.05. The van der Waals surface area contributed by atoms with Gasteiger partial charge in [0.2, 0.25) is 10.0 Å². The predicted molar refractivity (Wildman–Crippen MR) is 74.4 cm³/mol. The molecular formula is C12H17N3O2S2. The Hall–Kier alpha value is -0.940. The van der Waals surface area contributed by atoms with Crippen LogP contribution in [0.2, 0.25) is 0 Å². The largest absolute Gasteiger partial charge is 0.303 e. The summed E-state index contributed by atoms with van der Waals surface area (Å²) < 4.78 is 27.0. The molecule has 2 heterocycles. The third kappa shape index (κ3) is 3.54. The van der Waals surface area contributed by atoms with Crippen LogP contribution in [0.4, 0.5) is 0 Å². The molecule has 0 radical (unpaired) electrons. The van der Waals surface area contributed by atoms with E-state index in [1.54, 1.807) is 0 Å². The Kier molecular flexibility index (Phi) is 4.58. The zero-order chi connectivity index (χ0) is 13.9. The highest BCUT2D eigenvalue weighted by Gasteiger charge is 2.24. The van der Waals surface area contributed by atoms with Gasteiger partial charge < -0.3 is 4.90 Å². The summed E-state index contributed by atoms with van der Waals surface area (Å²) in [7, 11) is -3.46. The Morgan fingerprint density at radius 3 is 2.95 bits per heavy atom. The first-order valence-electron chi connectivity index (χ1n) is 6.27. The number of thiophene rings is 1. The maximum atomic E-state index is 12.0. The van der Waals surface area contributed by atoms with E-state index in [9.17, 15) is 8.42 Å². The van der Waals surface area contributed by atoms with Gasteiger partial charge in [-0.25, -0.2) is 13.1 Å². The van der Waals surface area contributed by atoms with E-state index in [0.29, 0.717) is 17.3 Å². The monoisotopic (exact) mass is 299 g/mol. The van der Waals surface area contributed by atoms with Crippen LogP contribution in [0.25, 0.3) is 0 Å². The van der Waals surface area contributed by atoms with Gasteiger partial charge in [0.15, 0.2) is 0 Å². The minimum Gasteiger partial charge on any atom is -0.303 e. The average molecular weight is 299 g/mol. The van der Waals surface area contributed by atoms with E-state index < -0.39 is 10.0 Å². The van der Waals surface area contributed by atoms with Crippen LogP contribution < -0.4 is 4.72 Å². The lowest BCUT2D eigenvalue weighted by atomic mass is 10.1. The third-order valence-corrected chi connectivity index (χ3v) is 6.24. The normalized spacial score (nSPS) is 20.5. The van der Waals surface area contributed by atoms with Crippen LogP contribution in [0.3, 0.4) is 0 Å². The molecule has 1 N–H and O–H groups in total. The maximum Gasteiger partial charge on any atom is 0.250 e. The van der Waals surface area contributed by atoms with Gasteiger partial charge in [0.1, 0.15) is 15.2 Å². The molecule has 1 atom stereocenters. The SMILES string of the molecule is CCN1CCC(CNS(=O)(=O)c2ccc(C#N)s2)C1.